The van der Waals surface area contributed by atoms with Gasteiger partial charge in [0.1, 0.15) is 0 Å². The lowest BCUT2D eigenvalue weighted by molar-refractivity contribution is 0.297. The van der Waals surface area contributed by atoms with Gasteiger partial charge in [-0.05, 0) is 43.9 Å². The van der Waals surface area contributed by atoms with Crippen LogP contribution in [0.4, 0.5) is 0 Å². The van der Waals surface area contributed by atoms with Crippen molar-refractivity contribution in [2.75, 3.05) is 0 Å². The highest BCUT2D eigenvalue weighted by atomic mass is 14.6. The maximum atomic E-state index is 6.06. The molecule has 0 heterocycles. The third-order valence-electron chi connectivity index (χ3n) is 3.35. The zero-order chi connectivity index (χ0) is 12.0. The summed E-state index contributed by atoms with van der Waals surface area (Å²) in [7, 11) is 0. The first-order valence-electron chi connectivity index (χ1n) is 6.59. The van der Waals surface area contributed by atoms with Crippen molar-refractivity contribution in [2.24, 2.45) is 11.1 Å². The normalized spacial score (nSPS) is 23.9. The second-order valence-electron chi connectivity index (χ2n) is 5.92. The third kappa shape index (κ3) is 4.98. The second-order valence-corrected chi connectivity index (χ2v) is 5.92. The van der Waals surface area contributed by atoms with Gasteiger partial charge in [0.15, 0.2) is 0 Å². The van der Waals surface area contributed by atoms with Crippen LogP contribution in [0.5, 0.6) is 0 Å². The summed E-state index contributed by atoms with van der Waals surface area (Å²) in [4.78, 5) is 0. The molecule has 1 atom stereocenters. The molecule has 0 aromatic heterocycles. The van der Waals surface area contributed by atoms with Crippen LogP contribution >= 0.6 is 0 Å². The lowest BCUT2D eigenvalue weighted by atomic mass is 9.74. The van der Waals surface area contributed by atoms with E-state index in [1.807, 2.05) is 6.08 Å². The molecular formula is C15H27N. The first-order chi connectivity index (χ1) is 7.53. The van der Waals surface area contributed by atoms with Gasteiger partial charge in [0, 0.05) is 6.04 Å². The van der Waals surface area contributed by atoms with Crippen molar-refractivity contribution in [1.29, 1.82) is 0 Å². The number of allylic oxidation sites excluding steroid dienone is 2. The largest absolute Gasteiger partial charge is 0.324 e. The molecule has 0 fully saturated rings. The Labute approximate surface area is 101 Å². The van der Waals surface area contributed by atoms with Crippen molar-refractivity contribution in [1.82, 2.24) is 0 Å². The topological polar surface area (TPSA) is 26.0 Å². The van der Waals surface area contributed by atoms with Crippen LogP contribution in [-0.4, -0.2) is 6.04 Å². The van der Waals surface area contributed by atoms with E-state index in [-0.39, 0.29) is 6.04 Å². The van der Waals surface area contributed by atoms with E-state index < -0.39 is 0 Å². The number of nitrogens with two attached hydrogens (primary N) is 1. The summed E-state index contributed by atoms with van der Waals surface area (Å²) < 4.78 is 0. The van der Waals surface area contributed by atoms with E-state index in [0.29, 0.717) is 5.41 Å². The minimum absolute atomic E-state index is 0.284. The summed E-state index contributed by atoms with van der Waals surface area (Å²) in [6.45, 7) is 8.41. The van der Waals surface area contributed by atoms with Gasteiger partial charge < -0.3 is 5.73 Å². The number of hydrogen-bond acceptors (Lipinski definition) is 1. The summed E-state index contributed by atoms with van der Waals surface area (Å²) in [5.41, 5.74) is 8.06. The Hall–Kier alpha value is -0.560. The molecule has 1 unspecified atom stereocenters. The summed E-state index contributed by atoms with van der Waals surface area (Å²) in [6, 6.07) is 0.284. The van der Waals surface area contributed by atoms with Gasteiger partial charge in [0.25, 0.3) is 0 Å². The highest BCUT2D eigenvalue weighted by molar-refractivity contribution is 5.14. The summed E-state index contributed by atoms with van der Waals surface area (Å²) in [5.74, 6) is 0. The van der Waals surface area contributed by atoms with Crippen LogP contribution in [0.3, 0.4) is 0 Å². The monoisotopic (exact) mass is 221 g/mol. The molecule has 0 radical (unpaired) electrons. The second kappa shape index (κ2) is 6.24. The first kappa shape index (κ1) is 13.5. The highest BCUT2D eigenvalue weighted by Gasteiger charge is 2.26. The number of unbranched alkanes of at least 4 members (excludes halogenated alkanes) is 3. The summed E-state index contributed by atoms with van der Waals surface area (Å²) in [6.07, 6.45) is 13.0. The van der Waals surface area contributed by atoms with Crippen molar-refractivity contribution < 1.29 is 0 Å². The molecule has 0 bridgehead atoms. The molecule has 0 saturated carbocycles. The fraction of sp³-hybridized carbons (Fsp3) is 0.733. The van der Waals surface area contributed by atoms with Crippen molar-refractivity contribution in [3.8, 4) is 0 Å². The first-order valence-corrected chi connectivity index (χ1v) is 6.59. The summed E-state index contributed by atoms with van der Waals surface area (Å²) >= 11 is 0. The van der Waals surface area contributed by atoms with E-state index in [0.717, 1.165) is 12.8 Å². The van der Waals surface area contributed by atoms with E-state index >= 15 is 0 Å². The van der Waals surface area contributed by atoms with Crippen LogP contribution in [0.25, 0.3) is 0 Å². The number of hydrogen-bond donors (Lipinski definition) is 1. The molecule has 1 aliphatic rings. The Morgan fingerprint density at radius 3 is 2.81 bits per heavy atom. The van der Waals surface area contributed by atoms with Crippen LogP contribution < -0.4 is 5.73 Å². The van der Waals surface area contributed by atoms with E-state index in [1.165, 1.54) is 32.1 Å². The molecule has 1 aliphatic carbocycles. The van der Waals surface area contributed by atoms with Gasteiger partial charge in [0.05, 0.1) is 0 Å². The molecule has 0 aromatic carbocycles. The molecule has 1 nitrogen and oxygen atoms in total. The minimum Gasteiger partial charge on any atom is -0.324 e. The molecule has 0 saturated heterocycles. The molecule has 0 aliphatic heterocycles. The van der Waals surface area contributed by atoms with E-state index in [2.05, 4.69) is 26.5 Å². The minimum atomic E-state index is 0.284. The Morgan fingerprint density at radius 1 is 1.44 bits per heavy atom. The lowest BCUT2D eigenvalue weighted by Gasteiger charge is -2.33. The maximum absolute atomic E-state index is 6.06. The Bertz CT molecular complexity index is 250. The van der Waals surface area contributed by atoms with Crippen molar-refractivity contribution >= 4 is 0 Å². The quantitative estimate of drug-likeness (QED) is 0.528. The fourth-order valence-corrected chi connectivity index (χ4v) is 2.73. The van der Waals surface area contributed by atoms with Crippen molar-refractivity contribution in [2.45, 2.75) is 64.8 Å². The van der Waals surface area contributed by atoms with Crippen LogP contribution in [0, 0.1) is 5.41 Å². The van der Waals surface area contributed by atoms with Crippen molar-refractivity contribution in [3.63, 3.8) is 0 Å². The molecule has 2 N–H and O–H groups in total. The zero-order valence-corrected chi connectivity index (χ0v) is 11.0. The third-order valence-corrected chi connectivity index (χ3v) is 3.35. The van der Waals surface area contributed by atoms with Crippen molar-refractivity contribution in [3.05, 3.63) is 24.3 Å². The Kier molecular flexibility index (Phi) is 5.27. The maximum Gasteiger partial charge on any atom is 0.0231 e. The predicted octanol–water partition coefficient (Wildman–Crippen LogP) is 4.20. The average Bonchev–Trinajstić information content (AvgIpc) is 2.14. The van der Waals surface area contributed by atoms with Gasteiger partial charge >= 0.3 is 0 Å². The Morgan fingerprint density at radius 2 is 2.19 bits per heavy atom. The predicted molar refractivity (Wildman–Crippen MR) is 72.4 cm³/mol. The molecule has 0 aromatic rings. The van der Waals surface area contributed by atoms with Crippen LogP contribution in [-0.2, 0) is 0 Å². The molecule has 1 heteroatoms. The standard InChI is InChI=1S/C15H27N/c1-4-5-6-7-8-9-13-10-14(16)12-15(2,3)11-13/h4,10,14H,1,5-9,11-12,16H2,2-3H3. The molecule has 1 rings (SSSR count). The van der Waals surface area contributed by atoms with Gasteiger partial charge in [-0.1, -0.05) is 38.0 Å². The average molecular weight is 221 g/mol. The molecule has 0 amide bonds. The Balaban J connectivity index is 2.28. The van der Waals surface area contributed by atoms with Crippen LogP contribution in [0.15, 0.2) is 24.3 Å². The van der Waals surface area contributed by atoms with Gasteiger partial charge in [-0.2, -0.15) is 0 Å². The fourth-order valence-electron chi connectivity index (χ4n) is 2.73. The van der Waals surface area contributed by atoms with Gasteiger partial charge in [0.2, 0.25) is 0 Å². The van der Waals surface area contributed by atoms with Crippen LogP contribution in [0.1, 0.15) is 58.8 Å². The van der Waals surface area contributed by atoms with Crippen LogP contribution in [0.2, 0.25) is 0 Å². The molecular weight excluding hydrogens is 194 g/mol. The molecule has 92 valence electrons. The highest BCUT2D eigenvalue weighted by Crippen LogP contribution is 2.36. The molecule has 16 heavy (non-hydrogen) atoms. The lowest BCUT2D eigenvalue weighted by Crippen LogP contribution is -2.30. The van der Waals surface area contributed by atoms with E-state index in [1.54, 1.807) is 5.57 Å². The number of rotatable bonds is 6. The van der Waals surface area contributed by atoms with E-state index in [4.69, 9.17) is 5.73 Å². The van der Waals surface area contributed by atoms with Gasteiger partial charge in [-0.25, -0.2) is 0 Å². The van der Waals surface area contributed by atoms with E-state index in [9.17, 15) is 0 Å². The molecule has 0 spiro atoms. The zero-order valence-electron chi connectivity index (χ0n) is 11.0. The van der Waals surface area contributed by atoms with Gasteiger partial charge in [-0.3, -0.25) is 0 Å². The smallest absolute Gasteiger partial charge is 0.0231 e. The summed E-state index contributed by atoms with van der Waals surface area (Å²) in [5, 5.41) is 0. The SMILES string of the molecule is C=CCCCCCC1=CC(N)CC(C)(C)C1. The van der Waals surface area contributed by atoms with Gasteiger partial charge in [-0.15, -0.1) is 6.58 Å².